The molecule has 3 heteroatoms. The molecule has 1 unspecified atom stereocenters. The lowest BCUT2D eigenvalue weighted by molar-refractivity contribution is 0.305. The summed E-state index contributed by atoms with van der Waals surface area (Å²) in [6.45, 7) is 3.81. The van der Waals surface area contributed by atoms with Crippen molar-refractivity contribution in [3.8, 4) is 11.5 Å². The van der Waals surface area contributed by atoms with Gasteiger partial charge in [0.05, 0.1) is 13.7 Å². The molecule has 1 atom stereocenters. The van der Waals surface area contributed by atoms with E-state index in [1.165, 1.54) is 5.56 Å². The quantitative estimate of drug-likeness (QED) is 0.748. The van der Waals surface area contributed by atoms with E-state index in [0.717, 1.165) is 31.1 Å². The Kier molecular flexibility index (Phi) is 6.10. The summed E-state index contributed by atoms with van der Waals surface area (Å²) in [5.41, 5.74) is 1.23. The highest BCUT2D eigenvalue weighted by atomic mass is 16.5. The number of para-hydroxylation sites is 1. The van der Waals surface area contributed by atoms with Crippen molar-refractivity contribution >= 4 is 0 Å². The van der Waals surface area contributed by atoms with E-state index >= 15 is 0 Å². The minimum atomic E-state index is 0.303. The first-order valence-electron chi connectivity index (χ1n) is 7.35. The summed E-state index contributed by atoms with van der Waals surface area (Å²) in [6.07, 6.45) is 0.975. The van der Waals surface area contributed by atoms with Crippen LogP contribution in [0.15, 0.2) is 54.6 Å². The van der Waals surface area contributed by atoms with Crippen LogP contribution in [-0.4, -0.2) is 20.3 Å². The van der Waals surface area contributed by atoms with Gasteiger partial charge < -0.3 is 14.8 Å². The normalized spacial score (nSPS) is 11.9. The number of rotatable bonds is 8. The summed E-state index contributed by atoms with van der Waals surface area (Å²) < 4.78 is 10.9. The Morgan fingerprint density at radius 3 is 2.52 bits per heavy atom. The zero-order chi connectivity index (χ0) is 14.9. The third kappa shape index (κ3) is 5.12. The van der Waals surface area contributed by atoms with Crippen molar-refractivity contribution in [3.05, 3.63) is 60.2 Å². The van der Waals surface area contributed by atoms with Crippen LogP contribution in [0.1, 0.15) is 24.9 Å². The van der Waals surface area contributed by atoms with Crippen LogP contribution >= 0.6 is 0 Å². The molecule has 1 N–H and O–H groups in total. The molecule has 2 aromatic carbocycles. The molecule has 0 saturated heterocycles. The first kappa shape index (κ1) is 15.4. The Hall–Kier alpha value is -2.00. The van der Waals surface area contributed by atoms with Crippen LogP contribution < -0.4 is 14.8 Å². The Morgan fingerprint density at radius 2 is 1.76 bits per heavy atom. The van der Waals surface area contributed by atoms with Crippen LogP contribution in [0.4, 0.5) is 0 Å². The predicted octanol–water partition coefficient (Wildman–Crippen LogP) is 3.81. The molecule has 0 aromatic heterocycles. The van der Waals surface area contributed by atoms with Crippen LogP contribution in [0.5, 0.6) is 11.5 Å². The Labute approximate surface area is 126 Å². The van der Waals surface area contributed by atoms with E-state index in [1.54, 1.807) is 7.11 Å². The fourth-order valence-corrected chi connectivity index (χ4v) is 2.13. The maximum atomic E-state index is 5.67. The largest absolute Gasteiger partial charge is 0.497 e. The van der Waals surface area contributed by atoms with Gasteiger partial charge in [0.25, 0.3) is 0 Å². The minimum Gasteiger partial charge on any atom is -0.497 e. The van der Waals surface area contributed by atoms with Gasteiger partial charge in [0.2, 0.25) is 0 Å². The van der Waals surface area contributed by atoms with Gasteiger partial charge in [-0.3, -0.25) is 0 Å². The molecule has 0 fully saturated rings. The summed E-state index contributed by atoms with van der Waals surface area (Å²) >= 11 is 0. The highest BCUT2D eigenvalue weighted by molar-refractivity contribution is 5.30. The number of benzene rings is 2. The van der Waals surface area contributed by atoms with Gasteiger partial charge in [-0.05, 0) is 49.7 Å². The zero-order valence-electron chi connectivity index (χ0n) is 12.7. The van der Waals surface area contributed by atoms with Crippen molar-refractivity contribution in [2.45, 2.75) is 19.4 Å². The molecular formula is C18H23NO2. The minimum absolute atomic E-state index is 0.303. The molecule has 0 aliphatic heterocycles. The number of hydrogen-bond donors (Lipinski definition) is 1. The van der Waals surface area contributed by atoms with Crippen LogP contribution in [0.3, 0.4) is 0 Å². The summed E-state index contributed by atoms with van der Waals surface area (Å²) in [6, 6.07) is 18.4. The van der Waals surface area contributed by atoms with Crippen molar-refractivity contribution in [1.29, 1.82) is 0 Å². The second kappa shape index (κ2) is 8.32. The maximum absolute atomic E-state index is 5.67. The van der Waals surface area contributed by atoms with Crippen LogP contribution in [0.25, 0.3) is 0 Å². The lowest BCUT2D eigenvalue weighted by atomic mass is 10.1. The molecule has 0 spiro atoms. The highest BCUT2D eigenvalue weighted by Crippen LogP contribution is 2.18. The molecular weight excluding hydrogens is 262 g/mol. The van der Waals surface area contributed by atoms with E-state index in [0.29, 0.717) is 6.04 Å². The molecule has 112 valence electrons. The van der Waals surface area contributed by atoms with E-state index in [1.807, 2.05) is 42.5 Å². The summed E-state index contributed by atoms with van der Waals surface area (Å²) in [5, 5.41) is 3.50. The fraction of sp³-hybridized carbons (Fsp3) is 0.333. The lowest BCUT2D eigenvalue weighted by Gasteiger charge is -2.15. The molecule has 0 amide bonds. The molecule has 0 heterocycles. The second-order valence-corrected chi connectivity index (χ2v) is 4.97. The molecule has 2 rings (SSSR count). The third-order valence-electron chi connectivity index (χ3n) is 3.38. The summed E-state index contributed by atoms with van der Waals surface area (Å²) in [4.78, 5) is 0. The maximum Gasteiger partial charge on any atom is 0.119 e. The number of ether oxygens (including phenoxy) is 2. The lowest BCUT2D eigenvalue weighted by Crippen LogP contribution is -2.21. The fourth-order valence-electron chi connectivity index (χ4n) is 2.13. The Balaban J connectivity index is 1.68. The summed E-state index contributed by atoms with van der Waals surface area (Å²) in [7, 11) is 1.69. The smallest absolute Gasteiger partial charge is 0.119 e. The van der Waals surface area contributed by atoms with E-state index in [4.69, 9.17) is 9.47 Å². The Morgan fingerprint density at radius 1 is 1.00 bits per heavy atom. The van der Waals surface area contributed by atoms with Gasteiger partial charge >= 0.3 is 0 Å². The van der Waals surface area contributed by atoms with E-state index < -0.39 is 0 Å². The van der Waals surface area contributed by atoms with E-state index in [9.17, 15) is 0 Å². The standard InChI is InChI=1S/C18H23NO2/c1-15(16-8-6-11-18(14-16)20-2)19-12-7-13-21-17-9-4-3-5-10-17/h3-6,8-11,14-15,19H,7,12-13H2,1-2H3. The molecule has 0 bridgehead atoms. The van der Waals surface area contributed by atoms with Crippen molar-refractivity contribution < 1.29 is 9.47 Å². The average molecular weight is 285 g/mol. The van der Waals surface area contributed by atoms with Crippen LogP contribution in [-0.2, 0) is 0 Å². The molecule has 21 heavy (non-hydrogen) atoms. The van der Waals surface area contributed by atoms with Gasteiger partial charge in [0, 0.05) is 6.04 Å². The van der Waals surface area contributed by atoms with Gasteiger partial charge in [-0.15, -0.1) is 0 Å². The second-order valence-electron chi connectivity index (χ2n) is 4.97. The monoisotopic (exact) mass is 285 g/mol. The molecule has 0 saturated carbocycles. The van der Waals surface area contributed by atoms with Gasteiger partial charge in [0.1, 0.15) is 11.5 Å². The van der Waals surface area contributed by atoms with Crippen LogP contribution in [0, 0.1) is 0 Å². The average Bonchev–Trinajstić information content (AvgIpc) is 2.55. The zero-order valence-corrected chi connectivity index (χ0v) is 12.7. The number of nitrogens with one attached hydrogen (secondary N) is 1. The Bertz CT molecular complexity index is 528. The highest BCUT2D eigenvalue weighted by Gasteiger charge is 2.05. The van der Waals surface area contributed by atoms with Crippen molar-refractivity contribution in [1.82, 2.24) is 5.32 Å². The molecule has 0 aliphatic carbocycles. The third-order valence-corrected chi connectivity index (χ3v) is 3.38. The van der Waals surface area contributed by atoms with Crippen molar-refractivity contribution in [2.24, 2.45) is 0 Å². The first-order valence-corrected chi connectivity index (χ1v) is 7.35. The van der Waals surface area contributed by atoms with E-state index in [2.05, 4.69) is 24.4 Å². The predicted molar refractivity (Wildman–Crippen MR) is 86.0 cm³/mol. The van der Waals surface area contributed by atoms with Crippen molar-refractivity contribution in [2.75, 3.05) is 20.3 Å². The van der Waals surface area contributed by atoms with Gasteiger partial charge in [-0.25, -0.2) is 0 Å². The van der Waals surface area contributed by atoms with Crippen molar-refractivity contribution in [3.63, 3.8) is 0 Å². The van der Waals surface area contributed by atoms with Gasteiger partial charge in [0.15, 0.2) is 0 Å². The molecule has 0 aliphatic rings. The first-order chi connectivity index (χ1) is 10.3. The summed E-state index contributed by atoms with van der Waals surface area (Å²) in [5.74, 6) is 1.83. The molecule has 3 nitrogen and oxygen atoms in total. The molecule has 2 aromatic rings. The topological polar surface area (TPSA) is 30.5 Å². The van der Waals surface area contributed by atoms with Gasteiger partial charge in [-0.1, -0.05) is 30.3 Å². The van der Waals surface area contributed by atoms with Gasteiger partial charge in [-0.2, -0.15) is 0 Å². The number of methoxy groups -OCH3 is 1. The van der Waals surface area contributed by atoms with Crippen LogP contribution in [0.2, 0.25) is 0 Å². The molecule has 0 radical (unpaired) electrons. The van der Waals surface area contributed by atoms with E-state index in [-0.39, 0.29) is 0 Å². The SMILES string of the molecule is COc1cccc(C(C)NCCCOc2ccccc2)c1. The number of hydrogen-bond acceptors (Lipinski definition) is 3.